The van der Waals surface area contributed by atoms with Crippen LogP contribution in [0.15, 0.2) is 30.3 Å². The van der Waals surface area contributed by atoms with E-state index in [-0.39, 0.29) is 11.3 Å². The number of anilines is 1. The molecule has 3 heteroatoms. The first-order valence-electron chi connectivity index (χ1n) is 6.51. The topological polar surface area (TPSA) is 42.0 Å². The number of hydrogen-bond donors (Lipinski definition) is 1. The standard InChI is InChI=1S/C16H20N2O/c1-11-9-14(18-15(19)10-16(2,3)4)12-7-5-6-8-13(12)17-11/h5-9H,10H2,1-4H3,(H,17,18,19). The van der Waals surface area contributed by atoms with E-state index in [1.54, 1.807) is 0 Å². The molecule has 1 heterocycles. The van der Waals surface area contributed by atoms with Crippen LogP contribution in [0, 0.1) is 12.3 Å². The van der Waals surface area contributed by atoms with E-state index >= 15 is 0 Å². The van der Waals surface area contributed by atoms with Crippen LogP contribution in [0.1, 0.15) is 32.9 Å². The molecule has 100 valence electrons. The maximum Gasteiger partial charge on any atom is 0.224 e. The minimum Gasteiger partial charge on any atom is -0.325 e. The van der Waals surface area contributed by atoms with Crippen LogP contribution >= 0.6 is 0 Å². The zero-order valence-electron chi connectivity index (χ0n) is 11.9. The van der Waals surface area contributed by atoms with Gasteiger partial charge in [-0.25, -0.2) is 0 Å². The summed E-state index contributed by atoms with van der Waals surface area (Å²) >= 11 is 0. The van der Waals surface area contributed by atoms with E-state index in [1.165, 1.54) is 0 Å². The summed E-state index contributed by atoms with van der Waals surface area (Å²) in [6.45, 7) is 8.11. The molecule has 2 rings (SSSR count). The summed E-state index contributed by atoms with van der Waals surface area (Å²) in [7, 11) is 0. The number of para-hydroxylation sites is 1. The highest BCUT2D eigenvalue weighted by Crippen LogP contribution is 2.25. The van der Waals surface area contributed by atoms with E-state index in [0.717, 1.165) is 22.3 Å². The number of carbonyl (C=O) groups excluding carboxylic acids is 1. The first-order chi connectivity index (χ1) is 8.85. The molecule has 0 aliphatic heterocycles. The Labute approximate surface area is 114 Å². The van der Waals surface area contributed by atoms with Crippen molar-refractivity contribution in [1.29, 1.82) is 0 Å². The lowest BCUT2D eigenvalue weighted by molar-refractivity contribution is -0.117. The lowest BCUT2D eigenvalue weighted by Crippen LogP contribution is -2.19. The molecule has 0 unspecified atom stereocenters. The average Bonchev–Trinajstić information content (AvgIpc) is 2.25. The summed E-state index contributed by atoms with van der Waals surface area (Å²) in [5, 5.41) is 3.99. The van der Waals surface area contributed by atoms with Crippen molar-refractivity contribution in [2.75, 3.05) is 5.32 Å². The van der Waals surface area contributed by atoms with Gasteiger partial charge < -0.3 is 5.32 Å². The van der Waals surface area contributed by atoms with Crippen molar-refractivity contribution in [2.45, 2.75) is 34.1 Å². The predicted molar refractivity (Wildman–Crippen MR) is 79.2 cm³/mol. The van der Waals surface area contributed by atoms with Gasteiger partial charge in [-0.15, -0.1) is 0 Å². The molecule has 2 aromatic rings. The molecule has 0 atom stereocenters. The second-order valence-electron chi connectivity index (χ2n) is 6.11. The zero-order chi connectivity index (χ0) is 14.0. The van der Waals surface area contributed by atoms with Gasteiger partial charge in [0.25, 0.3) is 0 Å². The molecule has 0 spiro atoms. The first-order valence-corrected chi connectivity index (χ1v) is 6.51. The van der Waals surface area contributed by atoms with Crippen LogP contribution in [0.5, 0.6) is 0 Å². The molecule has 1 N–H and O–H groups in total. The number of fused-ring (bicyclic) bond motifs is 1. The quantitative estimate of drug-likeness (QED) is 0.885. The highest BCUT2D eigenvalue weighted by atomic mass is 16.1. The maximum absolute atomic E-state index is 12.1. The van der Waals surface area contributed by atoms with Crippen LogP contribution in [0.2, 0.25) is 0 Å². The van der Waals surface area contributed by atoms with Gasteiger partial charge in [-0.1, -0.05) is 39.0 Å². The Kier molecular flexibility index (Phi) is 3.56. The monoisotopic (exact) mass is 256 g/mol. The molecule has 1 amide bonds. The third-order valence-electron chi connectivity index (χ3n) is 2.81. The van der Waals surface area contributed by atoms with Crippen LogP contribution in [0.4, 0.5) is 5.69 Å². The van der Waals surface area contributed by atoms with Crippen LogP contribution in [-0.4, -0.2) is 10.9 Å². The number of amides is 1. The van der Waals surface area contributed by atoms with E-state index in [9.17, 15) is 4.79 Å². The summed E-state index contributed by atoms with van der Waals surface area (Å²) in [6, 6.07) is 9.77. The molecule has 0 saturated carbocycles. The number of pyridine rings is 1. The van der Waals surface area contributed by atoms with E-state index < -0.39 is 0 Å². The Morgan fingerprint density at radius 2 is 1.95 bits per heavy atom. The SMILES string of the molecule is Cc1cc(NC(=O)CC(C)(C)C)c2ccccc2n1. The molecule has 19 heavy (non-hydrogen) atoms. The van der Waals surface area contributed by atoms with Gasteiger partial charge in [-0.05, 0) is 24.5 Å². The van der Waals surface area contributed by atoms with Crippen LogP contribution in [0.25, 0.3) is 10.9 Å². The van der Waals surface area contributed by atoms with Crippen molar-refractivity contribution in [3.05, 3.63) is 36.0 Å². The van der Waals surface area contributed by atoms with Crippen molar-refractivity contribution in [1.82, 2.24) is 4.98 Å². The number of carbonyl (C=O) groups is 1. The predicted octanol–water partition coefficient (Wildman–Crippen LogP) is 3.92. The van der Waals surface area contributed by atoms with E-state index in [4.69, 9.17) is 0 Å². The molecule has 0 aliphatic rings. The first kappa shape index (κ1) is 13.5. The van der Waals surface area contributed by atoms with Gasteiger partial charge in [0.05, 0.1) is 11.2 Å². The Bertz CT molecular complexity index is 612. The van der Waals surface area contributed by atoms with E-state index in [1.807, 2.05) is 37.3 Å². The number of aromatic nitrogens is 1. The molecule has 1 aromatic heterocycles. The Morgan fingerprint density at radius 1 is 1.26 bits per heavy atom. The molecule has 0 saturated heterocycles. The Morgan fingerprint density at radius 3 is 2.63 bits per heavy atom. The maximum atomic E-state index is 12.1. The van der Waals surface area contributed by atoms with Crippen molar-refractivity contribution in [3.8, 4) is 0 Å². The van der Waals surface area contributed by atoms with Gasteiger partial charge in [-0.3, -0.25) is 9.78 Å². The fourth-order valence-corrected chi connectivity index (χ4v) is 2.09. The highest BCUT2D eigenvalue weighted by Gasteiger charge is 2.16. The molecule has 0 bridgehead atoms. The van der Waals surface area contributed by atoms with E-state index in [2.05, 4.69) is 31.1 Å². The van der Waals surface area contributed by atoms with Gasteiger partial charge in [0.2, 0.25) is 5.91 Å². The second-order valence-corrected chi connectivity index (χ2v) is 6.11. The van der Waals surface area contributed by atoms with Crippen molar-refractivity contribution in [3.63, 3.8) is 0 Å². The Balaban J connectivity index is 2.32. The van der Waals surface area contributed by atoms with Gasteiger partial charge in [0.1, 0.15) is 0 Å². The van der Waals surface area contributed by atoms with Gasteiger partial charge in [0, 0.05) is 17.5 Å². The van der Waals surface area contributed by atoms with Crippen LogP contribution < -0.4 is 5.32 Å². The lowest BCUT2D eigenvalue weighted by atomic mass is 9.92. The van der Waals surface area contributed by atoms with E-state index in [0.29, 0.717) is 6.42 Å². The molecule has 3 nitrogen and oxygen atoms in total. The van der Waals surface area contributed by atoms with Crippen molar-refractivity contribution < 1.29 is 4.79 Å². The fraction of sp³-hybridized carbons (Fsp3) is 0.375. The molecule has 1 aromatic carbocycles. The molecule has 0 aliphatic carbocycles. The van der Waals surface area contributed by atoms with Gasteiger partial charge in [0.15, 0.2) is 0 Å². The van der Waals surface area contributed by atoms with Gasteiger partial charge in [-0.2, -0.15) is 0 Å². The van der Waals surface area contributed by atoms with Crippen molar-refractivity contribution in [2.24, 2.45) is 5.41 Å². The summed E-state index contributed by atoms with van der Waals surface area (Å²) < 4.78 is 0. The summed E-state index contributed by atoms with van der Waals surface area (Å²) in [4.78, 5) is 16.5. The van der Waals surface area contributed by atoms with Crippen molar-refractivity contribution >= 4 is 22.5 Å². The molecule has 0 fully saturated rings. The fourth-order valence-electron chi connectivity index (χ4n) is 2.09. The lowest BCUT2D eigenvalue weighted by Gasteiger charge is -2.18. The van der Waals surface area contributed by atoms with Crippen LogP contribution in [0.3, 0.4) is 0 Å². The summed E-state index contributed by atoms with van der Waals surface area (Å²) in [5.74, 6) is 0.0447. The minimum absolute atomic E-state index is 0.0119. The minimum atomic E-state index is -0.0119. The number of rotatable bonds is 2. The third kappa shape index (κ3) is 3.53. The highest BCUT2D eigenvalue weighted by molar-refractivity contribution is 6.01. The molecular formula is C16H20N2O. The largest absolute Gasteiger partial charge is 0.325 e. The Hall–Kier alpha value is -1.90. The number of benzene rings is 1. The second kappa shape index (κ2) is 5.00. The average molecular weight is 256 g/mol. The number of aryl methyl sites for hydroxylation is 1. The smallest absolute Gasteiger partial charge is 0.224 e. The number of nitrogens with one attached hydrogen (secondary N) is 1. The normalized spacial score (nSPS) is 11.6. The number of hydrogen-bond acceptors (Lipinski definition) is 2. The third-order valence-corrected chi connectivity index (χ3v) is 2.81. The number of nitrogens with zero attached hydrogens (tertiary/aromatic N) is 1. The molecular weight excluding hydrogens is 236 g/mol. The van der Waals surface area contributed by atoms with Gasteiger partial charge >= 0.3 is 0 Å². The molecule has 0 radical (unpaired) electrons. The summed E-state index contributed by atoms with van der Waals surface area (Å²) in [5.41, 5.74) is 2.65. The summed E-state index contributed by atoms with van der Waals surface area (Å²) in [6.07, 6.45) is 0.503. The van der Waals surface area contributed by atoms with Crippen LogP contribution in [-0.2, 0) is 4.79 Å². The zero-order valence-corrected chi connectivity index (χ0v) is 11.9.